The molecule has 0 aliphatic carbocycles. The van der Waals surface area contributed by atoms with Gasteiger partial charge in [0.25, 0.3) is 5.91 Å². The van der Waals surface area contributed by atoms with Crippen LogP contribution < -0.4 is 20.3 Å². The molecule has 0 bridgehead atoms. The molecule has 0 radical (unpaired) electrons. The first kappa shape index (κ1) is 24.2. The molecule has 1 aliphatic heterocycles. The molecule has 3 aromatic carbocycles. The Balaban J connectivity index is 1.22. The number of halogens is 1. The first-order valence-electron chi connectivity index (χ1n) is 11.9. The number of anilines is 4. The van der Waals surface area contributed by atoms with E-state index >= 15 is 0 Å². The Morgan fingerprint density at radius 3 is 2.41 bits per heavy atom. The van der Waals surface area contributed by atoms with Gasteiger partial charge in [-0.05, 0) is 73.7 Å². The number of benzene rings is 3. The molecule has 5 rings (SSSR count). The molecule has 1 saturated heterocycles. The lowest BCUT2D eigenvalue weighted by atomic mass is 10.2. The van der Waals surface area contributed by atoms with Gasteiger partial charge in [0, 0.05) is 41.8 Å². The van der Waals surface area contributed by atoms with Crippen molar-refractivity contribution in [1.29, 1.82) is 0 Å². The molecule has 1 fully saturated rings. The summed E-state index contributed by atoms with van der Waals surface area (Å²) < 4.78 is 24.3. The number of rotatable bonds is 7. The van der Waals surface area contributed by atoms with Crippen molar-refractivity contribution in [2.45, 2.75) is 6.92 Å². The van der Waals surface area contributed by atoms with Gasteiger partial charge in [0.15, 0.2) is 0 Å². The van der Waals surface area contributed by atoms with Gasteiger partial charge in [0.2, 0.25) is 5.95 Å². The van der Waals surface area contributed by atoms with Crippen molar-refractivity contribution in [3.63, 3.8) is 0 Å². The van der Waals surface area contributed by atoms with Crippen LogP contribution in [0.1, 0.15) is 16.1 Å². The minimum Gasteiger partial charge on any atom is -0.457 e. The van der Waals surface area contributed by atoms with Crippen molar-refractivity contribution in [3.05, 3.63) is 95.9 Å². The number of aromatic nitrogens is 2. The van der Waals surface area contributed by atoms with Crippen molar-refractivity contribution in [3.8, 4) is 11.5 Å². The fraction of sp³-hybridized carbons (Fsp3) is 0.179. The number of nitrogens with one attached hydrogen (secondary N) is 2. The number of nitrogens with zero attached hydrogens (tertiary/aromatic N) is 3. The van der Waals surface area contributed by atoms with Gasteiger partial charge in [-0.25, -0.2) is 9.37 Å². The second-order valence-electron chi connectivity index (χ2n) is 8.53. The van der Waals surface area contributed by atoms with Crippen LogP contribution in [0.4, 0.5) is 27.5 Å². The highest BCUT2D eigenvalue weighted by molar-refractivity contribution is 6.04. The zero-order valence-corrected chi connectivity index (χ0v) is 20.3. The number of amides is 1. The number of ether oxygens (including phenoxy) is 2. The number of hydrogen-bond donors (Lipinski definition) is 2. The van der Waals surface area contributed by atoms with E-state index in [4.69, 9.17) is 9.47 Å². The Morgan fingerprint density at radius 1 is 0.919 bits per heavy atom. The van der Waals surface area contributed by atoms with Gasteiger partial charge in [0.05, 0.1) is 13.2 Å². The Kier molecular flexibility index (Phi) is 7.23. The van der Waals surface area contributed by atoms with E-state index in [0.717, 1.165) is 30.3 Å². The second kappa shape index (κ2) is 11.0. The Morgan fingerprint density at radius 2 is 1.65 bits per heavy atom. The summed E-state index contributed by atoms with van der Waals surface area (Å²) in [6.07, 6.45) is 0. The highest BCUT2D eigenvalue weighted by atomic mass is 19.1. The van der Waals surface area contributed by atoms with Gasteiger partial charge in [-0.15, -0.1) is 0 Å². The number of hydrogen-bond acceptors (Lipinski definition) is 7. The Bertz CT molecular complexity index is 1370. The van der Waals surface area contributed by atoms with Crippen LogP contribution in [0.25, 0.3) is 0 Å². The largest absolute Gasteiger partial charge is 0.457 e. The van der Waals surface area contributed by atoms with E-state index < -0.39 is 0 Å². The molecular formula is C28H26FN5O3. The summed E-state index contributed by atoms with van der Waals surface area (Å²) in [5.74, 6) is 1.72. The molecule has 2 heterocycles. The van der Waals surface area contributed by atoms with Gasteiger partial charge < -0.3 is 25.0 Å². The number of carbonyl (C=O) groups excluding carboxylic acids is 1. The van der Waals surface area contributed by atoms with Crippen LogP contribution in [0.3, 0.4) is 0 Å². The Hall–Kier alpha value is -4.50. The molecule has 0 atom stereocenters. The minimum absolute atomic E-state index is 0.276. The predicted octanol–water partition coefficient (Wildman–Crippen LogP) is 5.55. The zero-order chi connectivity index (χ0) is 25.6. The molecule has 4 aromatic rings. The van der Waals surface area contributed by atoms with Crippen molar-refractivity contribution in [2.75, 3.05) is 41.8 Å². The standard InChI is InChI=1S/C28H26FN5O3/c1-19-17-26(34-13-15-36-16-14-34)33-28(30-19)32-23-9-7-22(8-10-23)31-27(35)20-3-2-4-25(18-20)37-24-11-5-21(29)6-12-24/h2-12,17-18H,13-16H2,1H3,(H,31,35)(H,30,32,33). The van der Waals surface area contributed by atoms with Crippen LogP contribution in [0, 0.1) is 12.7 Å². The van der Waals surface area contributed by atoms with Crippen molar-refractivity contribution in [1.82, 2.24) is 9.97 Å². The average molecular weight is 500 g/mol. The zero-order valence-electron chi connectivity index (χ0n) is 20.3. The van der Waals surface area contributed by atoms with Crippen LogP contribution >= 0.6 is 0 Å². The summed E-state index contributed by atoms with van der Waals surface area (Å²) in [6.45, 7) is 4.90. The molecule has 188 valence electrons. The van der Waals surface area contributed by atoms with Gasteiger partial charge in [-0.1, -0.05) is 6.07 Å². The summed E-state index contributed by atoms with van der Waals surface area (Å²) >= 11 is 0. The third kappa shape index (κ3) is 6.39. The lowest BCUT2D eigenvalue weighted by Gasteiger charge is -2.28. The number of morpholine rings is 1. The summed E-state index contributed by atoms with van der Waals surface area (Å²) in [5.41, 5.74) is 2.74. The molecule has 37 heavy (non-hydrogen) atoms. The molecule has 0 unspecified atom stereocenters. The van der Waals surface area contributed by atoms with Gasteiger partial charge in [-0.3, -0.25) is 4.79 Å². The fourth-order valence-corrected chi connectivity index (χ4v) is 3.87. The second-order valence-corrected chi connectivity index (χ2v) is 8.53. The summed E-state index contributed by atoms with van der Waals surface area (Å²) in [6, 6.07) is 21.8. The third-order valence-electron chi connectivity index (χ3n) is 5.72. The van der Waals surface area contributed by atoms with Crippen LogP contribution in [0.2, 0.25) is 0 Å². The van der Waals surface area contributed by atoms with Crippen LogP contribution in [0.5, 0.6) is 11.5 Å². The highest BCUT2D eigenvalue weighted by Crippen LogP contribution is 2.24. The average Bonchev–Trinajstić information content (AvgIpc) is 2.91. The van der Waals surface area contributed by atoms with Crippen LogP contribution in [-0.4, -0.2) is 42.2 Å². The molecule has 9 heteroatoms. The summed E-state index contributed by atoms with van der Waals surface area (Å²) in [5, 5.41) is 6.13. The third-order valence-corrected chi connectivity index (χ3v) is 5.72. The maximum Gasteiger partial charge on any atom is 0.255 e. The van der Waals surface area contributed by atoms with E-state index in [2.05, 4.69) is 25.5 Å². The fourth-order valence-electron chi connectivity index (χ4n) is 3.87. The first-order valence-corrected chi connectivity index (χ1v) is 11.9. The van der Waals surface area contributed by atoms with Gasteiger partial charge in [-0.2, -0.15) is 4.98 Å². The van der Waals surface area contributed by atoms with E-state index in [1.54, 1.807) is 36.4 Å². The summed E-state index contributed by atoms with van der Waals surface area (Å²) in [4.78, 5) is 24.1. The van der Waals surface area contributed by atoms with E-state index in [1.165, 1.54) is 24.3 Å². The molecule has 0 saturated carbocycles. The van der Waals surface area contributed by atoms with Crippen molar-refractivity contribution < 1.29 is 18.7 Å². The normalized spacial score (nSPS) is 13.2. The van der Waals surface area contributed by atoms with E-state index in [0.29, 0.717) is 41.9 Å². The number of carbonyl (C=O) groups is 1. The quantitative estimate of drug-likeness (QED) is 0.345. The van der Waals surface area contributed by atoms with E-state index in [1.807, 2.05) is 25.1 Å². The predicted molar refractivity (Wildman–Crippen MR) is 140 cm³/mol. The van der Waals surface area contributed by atoms with Crippen molar-refractivity contribution in [2.24, 2.45) is 0 Å². The lowest BCUT2D eigenvalue weighted by molar-refractivity contribution is 0.102. The molecule has 8 nitrogen and oxygen atoms in total. The maximum absolute atomic E-state index is 13.1. The monoisotopic (exact) mass is 499 g/mol. The molecule has 2 N–H and O–H groups in total. The molecule has 0 spiro atoms. The lowest BCUT2D eigenvalue weighted by Crippen LogP contribution is -2.36. The van der Waals surface area contributed by atoms with E-state index in [-0.39, 0.29) is 11.7 Å². The molecule has 1 aromatic heterocycles. The van der Waals surface area contributed by atoms with Gasteiger partial charge in [0.1, 0.15) is 23.1 Å². The van der Waals surface area contributed by atoms with E-state index in [9.17, 15) is 9.18 Å². The number of aryl methyl sites for hydroxylation is 1. The van der Waals surface area contributed by atoms with Crippen molar-refractivity contribution >= 4 is 29.0 Å². The molecular weight excluding hydrogens is 473 g/mol. The van der Waals surface area contributed by atoms with Crippen LogP contribution in [0.15, 0.2) is 78.9 Å². The molecule has 1 aliphatic rings. The first-order chi connectivity index (χ1) is 18.0. The topological polar surface area (TPSA) is 88.6 Å². The maximum atomic E-state index is 13.1. The molecule has 1 amide bonds. The van der Waals surface area contributed by atoms with Crippen LogP contribution in [-0.2, 0) is 4.74 Å². The SMILES string of the molecule is Cc1cc(N2CCOCC2)nc(Nc2ccc(NC(=O)c3cccc(Oc4ccc(F)cc4)c3)cc2)n1. The highest BCUT2D eigenvalue weighted by Gasteiger charge is 2.14. The van der Waals surface area contributed by atoms with Gasteiger partial charge >= 0.3 is 0 Å². The smallest absolute Gasteiger partial charge is 0.255 e. The minimum atomic E-state index is -0.342. The summed E-state index contributed by atoms with van der Waals surface area (Å²) in [7, 11) is 0. The Labute approximate surface area is 214 Å².